The molecule has 2 rings (SSSR count). The van der Waals surface area contributed by atoms with Crippen LogP contribution >= 0.6 is 11.6 Å². The minimum absolute atomic E-state index is 0.0858. The summed E-state index contributed by atoms with van der Waals surface area (Å²) in [6.07, 6.45) is 1.44. The third-order valence-corrected chi connectivity index (χ3v) is 3.73. The summed E-state index contributed by atoms with van der Waals surface area (Å²) < 4.78 is 0. The van der Waals surface area contributed by atoms with Gasteiger partial charge in [-0.25, -0.2) is 14.8 Å². The molecule has 0 fully saturated rings. The largest absolute Gasteiger partial charge is 0.478 e. The van der Waals surface area contributed by atoms with E-state index in [4.69, 9.17) is 16.7 Å². The van der Waals surface area contributed by atoms with E-state index < -0.39 is 5.97 Å². The fraction of sp³-hybridized carbons (Fsp3) is 0.294. The third-order valence-electron chi connectivity index (χ3n) is 3.45. The Morgan fingerprint density at radius 1 is 1.25 bits per heavy atom. The molecule has 24 heavy (non-hydrogen) atoms. The first-order valence-electron chi connectivity index (χ1n) is 7.39. The first kappa shape index (κ1) is 17.9. The van der Waals surface area contributed by atoms with Crippen LogP contribution in [0.2, 0.25) is 5.02 Å². The Labute approximate surface area is 145 Å². The van der Waals surface area contributed by atoms with Gasteiger partial charge in [0, 0.05) is 19.5 Å². The molecule has 1 heterocycles. The Morgan fingerprint density at radius 3 is 2.42 bits per heavy atom. The molecule has 1 aromatic carbocycles. The second kappa shape index (κ2) is 7.40. The van der Waals surface area contributed by atoms with Gasteiger partial charge in [0.1, 0.15) is 5.82 Å². The topological polar surface area (TPSA) is 83.4 Å². The highest BCUT2D eigenvalue weighted by Crippen LogP contribution is 2.18. The van der Waals surface area contributed by atoms with Gasteiger partial charge in [-0.15, -0.1) is 0 Å². The lowest BCUT2D eigenvalue weighted by atomic mass is 10.1. The highest BCUT2D eigenvalue weighted by Gasteiger charge is 2.19. The molecule has 0 aliphatic carbocycles. The predicted octanol–water partition coefficient (Wildman–Crippen LogP) is 3.22. The number of carboxylic acids is 1. The smallest absolute Gasteiger partial charge is 0.335 e. The van der Waals surface area contributed by atoms with Crippen molar-refractivity contribution in [3.05, 3.63) is 58.1 Å². The van der Waals surface area contributed by atoms with Crippen molar-refractivity contribution in [3.63, 3.8) is 0 Å². The fourth-order valence-corrected chi connectivity index (χ4v) is 2.26. The number of hydrogen-bond donors (Lipinski definition) is 1. The number of rotatable bonds is 5. The van der Waals surface area contributed by atoms with Crippen molar-refractivity contribution in [2.45, 2.75) is 26.3 Å². The van der Waals surface area contributed by atoms with Gasteiger partial charge < -0.3 is 10.0 Å². The Bertz CT molecular complexity index is 760. The van der Waals surface area contributed by atoms with Crippen molar-refractivity contribution < 1.29 is 14.7 Å². The fourth-order valence-electron chi connectivity index (χ4n) is 2.09. The predicted molar refractivity (Wildman–Crippen MR) is 90.3 cm³/mol. The summed E-state index contributed by atoms with van der Waals surface area (Å²) in [5, 5.41) is 9.11. The molecule has 7 heteroatoms. The van der Waals surface area contributed by atoms with Gasteiger partial charge in [-0.1, -0.05) is 37.6 Å². The van der Waals surface area contributed by atoms with Crippen molar-refractivity contribution in [2.24, 2.45) is 0 Å². The molecule has 0 unspecified atom stereocenters. The number of nitrogens with zero attached hydrogens (tertiary/aromatic N) is 3. The van der Waals surface area contributed by atoms with Crippen LogP contribution in [0.5, 0.6) is 0 Å². The molecule has 6 nitrogen and oxygen atoms in total. The molecule has 126 valence electrons. The maximum atomic E-state index is 12.6. The first-order chi connectivity index (χ1) is 11.3. The Hall–Kier alpha value is -2.47. The van der Waals surface area contributed by atoms with Crippen LogP contribution in [0.15, 0.2) is 30.5 Å². The van der Waals surface area contributed by atoms with Crippen LogP contribution in [-0.2, 0) is 6.54 Å². The highest BCUT2D eigenvalue weighted by molar-refractivity contribution is 6.33. The van der Waals surface area contributed by atoms with Gasteiger partial charge in [-0.05, 0) is 17.7 Å². The second-order valence-corrected chi connectivity index (χ2v) is 6.15. The van der Waals surface area contributed by atoms with Crippen LogP contribution in [0.3, 0.4) is 0 Å². The number of amides is 1. The molecule has 0 aliphatic rings. The number of carboxylic acid groups (broad SMARTS) is 1. The number of aromatic carboxylic acids is 1. The van der Waals surface area contributed by atoms with E-state index in [1.165, 1.54) is 23.2 Å². The van der Waals surface area contributed by atoms with Crippen molar-refractivity contribution in [1.82, 2.24) is 14.9 Å². The van der Waals surface area contributed by atoms with Crippen LogP contribution in [0.4, 0.5) is 0 Å². The van der Waals surface area contributed by atoms with Crippen LogP contribution in [0.1, 0.15) is 52.0 Å². The number of benzene rings is 1. The number of aromatic nitrogens is 2. The van der Waals surface area contributed by atoms with Crippen molar-refractivity contribution in [2.75, 3.05) is 7.05 Å². The molecule has 0 atom stereocenters. The summed E-state index contributed by atoms with van der Waals surface area (Å²) in [4.78, 5) is 33.3. The van der Waals surface area contributed by atoms with Crippen LogP contribution < -0.4 is 0 Å². The average molecular weight is 348 g/mol. The van der Waals surface area contributed by atoms with E-state index in [-0.39, 0.29) is 28.1 Å². The Balaban J connectivity index is 2.17. The van der Waals surface area contributed by atoms with E-state index in [0.29, 0.717) is 12.4 Å². The van der Waals surface area contributed by atoms with E-state index in [0.717, 1.165) is 5.56 Å². The summed E-state index contributed by atoms with van der Waals surface area (Å²) in [7, 11) is 1.64. The van der Waals surface area contributed by atoms with Crippen LogP contribution in [0.25, 0.3) is 0 Å². The van der Waals surface area contributed by atoms with Crippen molar-refractivity contribution in [3.8, 4) is 0 Å². The number of hydrogen-bond acceptors (Lipinski definition) is 4. The summed E-state index contributed by atoms with van der Waals surface area (Å²) >= 11 is 6.06. The standard InChI is InChI=1S/C17H18ClN3O3/c1-10(2)15-19-8-13(18)14(20-15)16(22)21(3)9-11-4-6-12(7-5-11)17(23)24/h4-8,10H,9H2,1-3H3,(H,23,24). The molecule has 0 saturated heterocycles. The number of carbonyl (C=O) groups is 2. The third kappa shape index (κ3) is 4.08. The zero-order valence-corrected chi connectivity index (χ0v) is 14.4. The van der Waals surface area contributed by atoms with Gasteiger partial charge >= 0.3 is 5.97 Å². The van der Waals surface area contributed by atoms with Crippen LogP contribution in [-0.4, -0.2) is 38.9 Å². The van der Waals surface area contributed by atoms with Gasteiger partial charge in [0.05, 0.1) is 16.8 Å². The molecule has 1 N–H and O–H groups in total. The quantitative estimate of drug-likeness (QED) is 0.897. The van der Waals surface area contributed by atoms with Gasteiger partial charge in [0.2, 0.25) is 0 Å². The normalized spacial score (nSPS) is 10.7. The van der Waals surface area contributed by atoms with E-state index in [1.807, 2.05) is 13.8 Å². The second-order valence-electron chi connectivity index (χ2n) is 5.74. The minimum Gasteiger partial charge on any atom is -0.478 e. The maximum absolute atomic E-state index is 12.6. The van der Waals surface area contributed by atoms with E-state index in [9.17, 15) is 9.59 Å². The summed E-state index contributed by atoms with van der Waals surface area (Å²) in [5.74, 6) is -0.656. The minimum atomic E-state index is -0.986. The Kier molecular flexibility index (Phi) is 5.51. The molecule has 0 aliphatic heterocycles. The average Bonchev–Trinajstić information content (AvgIpc) is 2.54. The molecule has 0 radical (unpaired) electrons. The zero-order chi connectivity index (χ0) is 17.9. The molecule has 1 aromatic heterocycles. The lowest BCUT2D eigenvalue weighted by Crippen LogP contribution is -2.28. The molecular formula is C17H18ClN3O3. The SMILES string of the molecule is CC(C)c1ncc(Cl)c(C(=O)N(C)Cc2ccc(C(=O)O)cc2)n1. The molecule has 0 saturated carbocycles. The molecule has 1 amide bonds. The van der Waals surface area contributed by atoms with Crippen molar-refractivity contribution >= 4 is 23.5 Å². The molecule has 2 aromatic rings. The lowest BCUT2D eigenvalue weighted by Gasteiger charge is -2.18. The summed E-state index contributed by atoms with van der Waals surface area (Å²) in [5.41, 5.74) is 1.18. The zero-order valence-electron chi connectivity index (χ0n) is 13.7. The van der Waals surface area contributed by atoms with E-state index in [1.54, 1.807) is 19.2 Å². The highest BCUT2D eigenvalue weighted by atomic mass is 35.5. The van der Waals surface area contributed by atoms with E-state index >= 15 is 0 Å². The van der Waals surface area contributed by atoms with Crippen molar-refractivity contribution in [1.29, 1.82) is 0 Å². The van der Waals surface area contributed by atoms with Gasteiger partial charge in [0.15, 0.2) is 5.69 Å². The maximum Gasteiger partial charge on any atom is 0.335 e. The first-order valence-corrected chi connectivity index (χ1v) is 7.77. The lowest BCUT2D eigenvalue weighted by molar-refractivity contribution is 0.0695. The molecule has 0 spiro atoms. The summed E-state index contributed by atoms with van der Waals surface area (Å²) in [6.45, 7) is 4.19. The van der Waals surface area contributed by atoms with Gasteiger partial charge in [0.25, 0.3) is 5.91 Å². The summed E-state index contributed by atoms with van der Waals surface area (Å²) in [6, 6.07) is 6.36. The molecule has 0 bridgehead atoms. The van der Waals surface area contributed by atoms with Crippen LogP contribution in [0, 0.1) is 0 Å². The molecular weight excluding hydrogens is 330 g/mol. The van der Waals surface area contributed by atoms with Gasteiger partial charge in [-0.3, -0.25) is 4.79 Å². The number of halogens is 1. The monoisotopic (exact) mass is 347 g/mol. The van der Waals surface area contributed by atoms with E-state index in [2.05, 4.69) is 9.97 Å². The Morgan fingerprint density at radius 2 is 1.88 bits per heavy atom. The van der Waals surface area contributed by atoms with Gasteiger partial charge in [-0.2, -0.15) is 0 Å². The number of carbonyl (C=O) groups excluding carboxylic acids is 1.